The molecule has 1 saturated carbocycles. The summed E-state index contributed by atoms with van der Waals surface area (Å²) >= 11 is 0. The maximum absolute atomic E-state index is 12.2. The van der Waals surface area contributed by atoms with E-state index in [4.69, 9.17) is 0 Å². The van der Waals surface area contributed by atoms with Crippen LogP contribution >= 0.6 is 0 Å². The molecule has 20 heavy (non-hydrogen) atoms. The van der Waals surface area contributed by atoms with Crippen molar-refractivity contribution in [2.75, 3.05) is 4.90 Å². The Balaban J connectivity index is 1.84. The summed E-state index contributed by atoms with van der Waals surface area (Å²) in [4.78, 5) is 35.4. The van der Waals surface area contributed by atoms with Gasteiger partial charge in [0.25, 0.3) is 5.69 Å². The van der Waals surface area contributed by atoms with Crippen molar-refractivity contribution in [1.82, 2.24) is 5.32 Å². The third kappa shape index (κ3) is 1.91. The van der Waals surface area contributed by atoms with E-state index in [1.807, 2.05) is 0 Å². The molecule has 1 aliphatic heterocycles. The van der Waals surface area contributed by atoms with E-state index < -0.39 is 11.0 Å². The van der Waals surface area contributed by atoms with Crippen molar-refractivity contribution in [2.45, 2.75) is 31.2 Å². The molecule has 1 aromatic carbocycles. The Hall–Kier alpha value is -2.44. The molecule has 3 amide bonds. The number of rotatable bonds is 2. The SMILES string of the molecule is O=C1CC2(CCC2)NC(=O)N1c1ccc([N+](=O)[O-])cc1. The topological polar surface area (TPSA) is 92.6 Å². The third-order valence-electron chi connectivity index (χ3n) is 3.94. The molecule has 2 fully saturated rings. The number of urea groups is 1. The van der Waals surface area contributed by atoms with E-state index in [-0.39, 0.29) is 23.6 Å². The molecule has 7 heteroatoms. The molecule has 104 valence electrons. The molecule has 0 radical (unpaired) electrons. The summed E-state index contributed by atoms with van der Waals surface area (Å²) in [6.45, 7) is 0. The molecule has 1 N–H and O–H groups in total. The van der Waals surface area contributed by atoms with Crippen LogP contribution in [0.2, 0.25) is 0 Å². The van der Waals surface area contributed by atoms with Crippen molar-refractivity contribution in [3.05, 3.63) is 34.4 Å². The van der Waals surface area contributed by atoms with E-state index in [2.05, 4.69) is 5.32 Å². The lowest BCUT2D eigenvalue weighted by Gasteiger charge is -2.47. The van der Waals surface area contributed by atoms with Crippen molar-refractivity contribution in [1.29, 1.82) is 0 Å². The molecule has 0 bridgehead atoms. The molecule has 0 atom stereocenters. The smallest absolute Gasteiger partial charge is 0.329 e. The van der Waals surface area contributed by atoms with Gasteiger partial charge in [-0.05, 0) is 31.4 Å². The summed E-state index contributed by atoms with van der Waals surface area (Å²) in [5.41, 5.74) is -0.0767. The largest absolute Gasteiger partial charge is 0.331 e. The fourth-order valence-electron chi connectivity index (χ4n) is 2.70. The molecule has 0 unspecified atom stereocenters. The summed E-state index contributed by atoms with van der Waals surface area (Å²) < 4.78 is 0. The summed E-state index contributed by atoms with van der Waals surface area (Å²) in [7, 11) is 0. The first-order valence-corrected chi connectivity index (χ1v) is 6.40. The van der Waals surface area contributed by atoms with Gasteiger partial charge in [0.05, 0.1) is 22.6 Å². The minimum atomic E-state index is -0.523. The molecule has 1 saturated heterocycles. The van der Waals surface area contributed by atoms with Crippen LogP contribution in [-0.2, 0) is 4.79 Å². The van der Waals surface area contributed by atoms with Gasteiger partial charge in [-0.25, -0.2) is 9.69 Å². The van der Waals surface area contributed by atoms with Crippen LogP contribution in [0.5, 0.6) is 0 Å². The molecule has 7 nitrogen and oxygen atoms in total. The van der Waals surface area contributed by atoms with Gasteiger partial charge in [-0.3, -0.25) is 14.9 Å². The number of anilines is 1. The van der Waals surface area contributed by atoms with Gasteiger partial charge in [0.2, 0.25) is 5.91 Å². The van der Waals surface area contributed by atoms with Crippen LogP contribution in [0.15, 0.2) is 24.3 Å². The van der Waals surface area contributed by atoms with Crippen LogP contribution in [0, 0.1) is 10.1 Å². The summed E-state index contributed by atoms with van der Waals surface area (Å²) in [6.07, 6.45) is 2.97. The number of nitro benzene ring substituents is 1. The van der Waals surface area contributed by atoms with E-state index >= 15 is 0 Å². The molecule has 1 aliphatic carbocycles. The lowest BCUT2D eigenvalue weighted by molar-refractivity contribution is -0.384. The minimum Gasteiger partial charge on any atom is -0.331 e. The fourth-order valence-corrected chi connectivity index (χ4v) is 2.70. The van der Waals surface area contributed by atoms with E-state index in [9.17, 15) is 19.7 Å². The van der Waals surface area contributed by atoms with E-state index in [1.165, 1.54) is 24.3 Å². The number of amides is 3. The number of hydrogen-bond acceptors (Lipinski definition) is 4. The van der Waals surface area contributed by atoms with Crippen molar-refractivity contribution in [3.8, 4) is 0 Å². The lowest BCUT2D eigenvalue weighted by Crippen LogP contribution is -2.65. The predicted molar refractivity (Wildman–Crippen MR) is 70.3 cm³/mol. The molecule has 1 heterocycles. The minimum absolute atomic E-state index is 0.0749. The van der Waals surface area contributed by atoms with Gasteiger partial charge >= 0.3 is 6.03 Å². The van der Waals surface area contributed by atoms with E-state index in [0.29, 0.717) is 5.69 Å². The average molecular weight is 275 g/mol. The Bertz CT molecular complexity index is 572. The number of carbonyl (C=O) groups excluding carboxylic acids is 2. The monoisotopic (exact) mass is 275 g/mol. The van der Waals surface area contributed by atoms with Gasteiger partial charge in [0.1, 0.15) is 0 Å². The number of imide groups is 1. The second-order valence-electron chi connectivity index (χ2n) is 5.24. The molecule has 1 aromatic rings. The number of non-ortho nitro benzene ring substituents is 1. The fraction of sp³-hybridized carbons (Fsp3) is 0.385. The number of hydrogen-bond donors (Lipinski definition) is 1. The Morgan fingerprint density at radius 2 is 1.85 bits per heavy atom. The van der Waals surface area contributed by atoms with Gasteiger partial charge in [0.15, 0.2) is 0 Å². The number of nitrogens with one attached hydrogen (secondary N) is 1. The third-order valence-corrected chi connectivity index (χ3v) is 3.94. The molecule has 3 rings (SSSR count). The first-order valence-electron chi connectivity index (χ1n) is 6.40. The molecule has 1 spiro atoms. The molecular weight excluding hydrogens is 262 g/mol. The quantitative estimate of drug-likeness (QED) is 0.659. The van der Waals surface area contributed by atoms with Crippen molar-refractivity contribution < 1.29 is 14.5 Å². The van der Waals surface area contributed by atoms with Crippen molar-refractivity contribution >= 4 is 23.3 Å². The second kappa shape index (κ2) is 4.29. The number of benzene rings is 1. The Morgan fingerprint density at radius 3 is 2.30 bits per heavy atom. The summed E-state index contributed by atoms with van der Waals surface area (Å²) in [6, 6.07) is 4.94. The Kier molecular flexibility index (Phi) is 2.70. The molecule has 0 aromatic heterocycles. The standard InChI is InChI=1S/C13H13N3O4/c17-11-8-13(6-1-7-13)14-12(18)15(11)9-2-4-10(5-3-9)16(19)20/h2-5H,1,6-8H2,(H,14,18). The van der Waals surface area contributed by atoms with Crippen LogP contribution in [0.1, 0.15) is 25.7 Å². The second-order valence-corrected chi connectivity index (χ2v) is 5.24. The highest BCUT2D eigenvalue weighted by atomic mass is 16.6. The van der Waals surface area contributed by atoms with Crippen LogP contribution in [0.25, 0.3) is 0 Å². The van der Waals surface area contributed by atoms with Crippen LogP contribution < -0.4 is 10.2 Å². The van der Waals surface area contributed by atoms with Gasteiger partial charge in [-0.2, -0.15) is 0 Å². The highest BCUT2D eigenvalue weighted by Gasteiger charge is 2.47. The molecule has 2 aliphatic rings. The highest BCUT2D eigenvalue weighted by Crippen LogP contribution is 2.38. The first-order chi connectivity index (χ1) is 9.51. The number of nitrogens with zero attached hydrogens (tertiary/aromatic N) is 2. The van der Waals surface area contributed by atoms with E-state index in [1.54, 1.807) is 0 Å². The van der Waals surface area contributed by atoms with Gasteiger partial charge < -0.3 is 5.32 Å². The zero-order valence-electron chi connectivity index (χ0n) is 10.7. The van der Waals surface area contributed by atoms with Crippen LogP contribution in [0.4, 0.5) is 16.2 Å². The molecular formula is C13H13N3O4. The summed E-state index contributed by atoms with van der Waals surface area (Å²) in [5.74, 6) is -0.262. The Labute approximate surface area is 114 Å². The normalized spacial score (nSPS) is 20.5. The predicted octanol–water partition coefficient (Wildman–Crippen LogP) is 1.96. The average Bonchev–Trinajstić information content (AvgIpc) is 2.36. The lowest BCUT2D eigenvalue weighted by atomic mass is 9.73. The van der Waals surface area contributed by atoms with Crippen molar-refractivity contribution in [2.24, 2.45) is 0 Å². The maximum Gasteiger partial charge on any atom is 0.329 e. The number of carbonyl (C=O) groups is 2. The van der Waals surface area contributed by atoms with E-state index in [0.717, 1.165) is 24.2 Å². The Morgan fingerprint density at radius 1 is 1.20 bits per heavy atom. The van der Waals surface area contributed by atoms with Crippen LogP contribution in [-0.4, -0.2) is 22.4 Å². The number of nitro groups is 1. The van der Waals surface area contributed by atoms with Gasteiger partial charge in [0, 0.05) is 12.1 Å². The zero-order chi connectivity index (χ0) is 14.3. The van der Waals surface area contributed by atoms with Gasteiger partial charge in [-0.1, -0.05) is 0 Å². The van der Waals surface area contributed by atoms with Gasteiger partial charge in [-0.15, -0.1) is 0 Å². The summed E-state index contributed by atoms with van der Waals surface area (Å²) in [5, 5.41) is 13.5. The van der Waals surface area contributed by atoms with Crippen LogP contribution in [0.3, 0.4) is 0 Å². The maximum atomic E-state index is 12.2. The first kappa shape index (κ1) is 12.6. The zero-order valence-corrected chi connectivity index (χ0v) is 10.7. The highest BCUT2D eigenvalue weighted by molar-refractivity contribution is 6.16. The van der Waals surface area contributed by atoms with Crippen molar-refractivity contribution in [3.63, 3.8) is 0 Å².